The minimum atomic E-state index is 0.789. The van der Waals surface area contributed by atoms with Crippen LogP contribution < -0.4 is 5.73 Å². The first-order chi connectivity index (χ1) is 7.24. The lowest BCUT2D eigenvalue weighted by molar-refractivity contribution is 0.393. The molecule has 0 bridgehead atoms. The molecule has 2 rings (SSSR count). The predicted molar refractivity (Wildman–Crippen MR) is 61.7 cm³/mol. The van der Waals surface area contributed by atoms with Gasteiger partial charge >= 0.3 is 0 Å². The third-order valence-corrected chi connectivity index (χ3v) is 2.99. The molecule has 1 aromatic heterocycles. The third-order valence-electron chi connectivity index (χ3n) is 1.94. The van der Waals surface area contributed by atoms with Crippen LogP contribution in [0.1, 0.15) is 11.5 Å². The maximum Gasteiger partial charge on any atom is 0.133 e. The average molecular weight is 220 g/mol. The summed E-state index contributed by atoms with van der Waals surface area (Å²) in [4.78, 5) is 1.19. The molecule has 0 atom stereocenters. The highest BCUT2D eigenvalue weighted by atomic mass is 32.2. The van der Waals surface area contributed by atoms with Crippen molar-refractivity contribution in [3.05, 3.63) is 41.8 Å². The maximum absolute atomic E-state index is 5.60. The first-order valence-electron chi connectivity index (χ1n) is 4.64. The molecule has 0 amide bonds. The van der Waals surface area contributed by atoms with E-state index in [1.54, 1.807) is 11.8 Å². The van der Waals surface area contributed by atoms with Gasteiger partial charge in [0.05, 0.1) is 5.69 Å². The molecule has 0 aliphatic rings. The summed E-state index contributed by atoms with van der Waals surface area (Å²) >= 11 is 1.72. The highest BCUT2D eigenvalue weighted by Gasteiger charge is 2.01. The van der Waals surface area contributed by atoms with Crippen molar-refractivity contribution in [3.8, 4) is 0 Å². The number of aryl methyl sites for hydroxylation is 1. The molecule has 0 spiro atoms. The summed E-state index contributed by atoms with van der Waals surface area (Å²) in [5.41, 5.74) is 7.36. The molecule has 0 aliphatic heterocycles. The monoisotopic (exact) mass is 220 g/mol. The summed E-state index contributed by atoms with van der Waals surface area (Å²) in [6.45, 7) is 1.89. The highest BCUT2D eigenvalue weighted by molar-refractivity contribution is 7.98. The molecule has 0 aliphatic carbocycles. The van der Waals surface area contributed by atoms with E-state index in [1.165, 1.54) is 4.90 Å². The van der Waals surface area contributed by atoms with Crippen molar-refractivity contribution in [1.82, 2.24) is 5.16 Å². The van der Waals surface area contributed by atoms with E-state index in [1.807, 2.05) is 37.3 Å². The number of nitrogen functional groups attached to an aromatic ring is 1. The number of hydrogen-bond donors (Lipinski definition) is 1. The molecule has 0 radical (unpaired) electrons. The van der Waals surface area contributed by atoms with Crippen LogP contribution in [0.4, 0.5) is 5.69 Å². The van der Waals surface area contributed by atoms with Crippen molar-refractivity contribution >= 4 is 17.4 Å². The van der Waals surface area contributed by atoms with Crippen molar-refractivity contribution in [2.45, 2.75) is 17.6 Å². The Balaban J connectivity index is 1.96. The van der Waals surface area contributed by atoms with Gasteiger partial charge in [-0.1, -0.05) is 5.16 Å². The van der Waals surface area contributed by atoms with Gasteiger partial charge in [-0.3, -0.25) is 0 Å². The molecule has 0 saturated heterocycles. The van der Waals surface area contributed by atoms with E-state index in [0.29, 0.717) is 0 Å². The van der Waals surface area contributed by atoms with Crippen LogP contribution in [0.15, 0.2) is 39.8 Å². The van der Waals surface area contributed by atoms with Crippen molar-refractivity contribution < 1.29 is 4.52 Å². The van der Waals surface area contributed by atoms with E-state index < -0.39 is 0 Å². The van der Waals surface area contributed by atoms with Gasteiger partial charge < -0.3 is 10.3 Å². The second kappa shape index (κ2) is 4.40. The smallest absolute Gasteiger partial charge is 0.133 e. The van der Waals surface area contributed by atoms with Crippen LogP contribution in [0, 0.1) is 6.92 Å². The quantitative estimate of drug-likeness (QED) is 0.638. The number of rotatable bonds is 3. The zero-order chi connectivity index (χ0) is 10.7. The number of aromatic nitrogens is 1. The molecule has 2 N–H and O–H groups in total. The minimum Gasteiger partial charge on any atom is -0.399 e. The Morgan fingerprint density at radius 3 is 2.67 bits per heavy atom. The lowest BCUT2D eigenvalue weighted by Crippen LogP contribution is -1.83. The molecule has 78 valence electrons. The van der Waals surface area contributed by atoms with Crippen LogP contribution in [0.3, 0.4) is 0 Å². The van der Waals surface area contributed by atoms with Gasteiger partial charge in [0.15, 0.2) is 0 Å². The standard InChI is InChI=1S/C11H12N2OS/c1-8-6-10(13-14-8)7-15-11-4-2-9(12)3-5-11/h2-6H,7,12H2,1H3. The summed E-state index contributed by atoms with van der Waals surface area (Å²) in [6, 6.07) is 9.76. The van der Waals surface area contributed by atoms with Crippen molar-refractivity contribution in [3.63, 3.8) is 0 Å². The Morgan fingerprint density at radius 2 is 2.07 bits per heavy atom. The fourth-order valence-electron chi connectivity index (χ4n) is 1.21. The summed E-state index contributed by atoms with van der Waals surface area (Å²) < 4.78 is 4.99. The van der Waals surface area contributed by atoms with E-state index in [-0.39, 0.29) is 0 Å². The summed E-state index contributed by atoms with van der Waals surface area (Å²) in [7, 11) is 0. The van der Waals surface area contributed by atoms with E-state index in [9.17, 15) is 0 Å². The van der Waals surface area contributed by atoms with Crippen molar-refractivity contribution in [2.24, 2.45) is 0 Å². The van der Waals surface area contributed by atoms with Gasteiger partial charge in [-0.2, -0.15) is 0 Å². The van der Waals surface area contributed by atoms with E-state index in [2.05, 4.69) is 5.16 Å². The molecule has 15 heavy (non-hydrogen) atoms. The van der Waals surface area contributed by atoms with Crippen molar-refractivity contribution in [1.29, 1.82) is 0 Å². The van der Waals surface area contributed by atoms with Crippen LogP contribution in [0.25, 0.3) is 0 Å². The normalized spacial score (nSPS) is 10.5. The maximum atomic E-state index is 5.60. The largest absolute Gasteiger partial charge is 0.399 e. The Hall–Kier alpha value is -1.42. The number of nitrogens with two attached hydrogens (primary N) is 1. The fraction of sp³-hybridized carbons (Fsp3) is 0.182. The molecular formula is C11H12N2OS. The fourth-order valence-corrected chi connectivity index (χ4v) is 1.99. The number of hydrogen-bond acceptors (Lipinski definition) is 4. The molecule has 4 heteroatoms. The Labute approximate surface area is 92.6 Å². The van der Waals surface area contributed by atoms with Gasteiger partial charge in [0.1, 0.15) is 5.76 Å². The van der Waals surface area contributed by atoms with Crippen molar-refractivity contribution in [2.75, 3.05) is 5.73 Å². The van der Waals surface area contributed by atoms with E-state index >= 15 is 0 Å². The van der Waals surface area contributed by atoms with Gasteiger partial charge in [0.2, 0.25) is 0 Å². The molecule has 0 saturated carbocycles. The Kier molecular flexibility index (Phi) is 2.97. The van der Waals surface area contributed by atoms with Crippen LogP contribution in [0.5, 0.6) is 0 Å². The van der Waals surface area contributed by atoms with Crippen LogP contribution in [-0.2, 0) is 5.75 Å². The zero-order valence-electron chi connectivity index (χ0n) is 8.43. The van der Waals surface area contributed by atoms with Gasteiger partial charge in [-0.15, -0.1) is 11.8 Å². The highest BCUT2D eigenvalue weighted by Crippen LogP contribution is 2.23. The molecule has 1 heterocycles. The zero-order valence-corrected chi connectivity index (χ0v) is 9.25. The molecule has 2 aromatic rings. The summed E-state index contributed by atoms with van der Waals surface area (Å²) in [5.74, 6) is 1.67. The second-order valence-electron chi connectivity index (χ2n) is 3.29. The summed E-state index contributed by atoms with van der Waals surface area (Å²) in [5, 5.41) is 3.93. The number of anilines is 1. The molecule has 0 unspecified atom stereocenters. The Bertz CT molecular complexity index is 436. The van der Waals surface area contributed by atoms with Crippen LogP contribution in [-0.4, -0.2) is 5.16 Å². The number of nitrogens with zero attached hydrogens (tertiary/aromatic N) is 1. The topological polar surface area (TPSA) is 52.0 Å². The average Bonchev–Trinajstić information content (AvgIpc) is 2.64. The Morgan fingerprint density at radius 1 is 1.33 bits per heavy atom. The molecular weight excluding hydrogens is 208 g/mol. The SMILES string of the molecule is Cc1cc(CSc2ccc(N)cc2)no1. The van der Waals surface area contributed by atoms with Crippen LogP contribution >= 0.6 is 11.8 Å². The predicted octanol–water partition coefficient (Wildman–Crippen LogP) is 2.86. The van der Waals surface area contributed by atoms with Gasteiger partial charge in [-0.05, 0) is 31.2 Å². The lowest BCUT2D eigenvalue weighted by Gasteiger charge is -1.98. The van der Waals surface area contributed by atoms with E-state index in [0.717, 1.165) is 22.9 Å². The lowest BCUT2D eigenvalue weighted by atomic mass is 10.3. The van der Waals surface area contributed by atoms with Gasteiger partial charge in [0.25, 0.3) is 0 Å². The molecule has 3 nitrogen and oxygen atoms in total. The summed E-state index contributed by atoms with van der Waals surface area (Å²) in [6.07, 6.45) is 0. The second-order valence-corrected chi connectivity index (χ2v) is 4.34. The molecule has 0 fully saturated rings. The third kappa shape index (κ3) is 2.76. The van der Waals surface area contributed by atoms with Crippen LogP contribution in [0.2, 0.25) is 0 Å². The number of benzene rings is 1. The van der Waals surface area contributed by atoms with Gasteiger partial charge in [-0.25, -0.2) is 0 Å². The number of thioether (sulfide) groups is 1. The minimum absolute atomic E-state index is 0.789. The first-order valence-corrected chi connectivity index (χ1v) is 5.63. The first kappa shape index (κ1) is 10.1. The van der Waals surface area contributed by atoms with Gasteiger partial charge in [0, 0.05) is 22.4 Å². The molecule has 1 aromatic carbocycles. The van der Waals surface area contributed by atoms with E-state index in [4.69, 9.17) is 10.3 Å².